The van der Waals surface area contributed by atoms with Gasteiger partial charge in [0.1, 0.15) is 11.6 Å². The number of ether oxygens (including phenoxy) is 1. The van der Waals surface area contributed by atoms with Crippen molar-refractivity contribution in [3.05, 3.63) is 59.5 Å². The number of benzene rings is 1. The summed E-state index contributed by atoms with van der Waals surface area (Å²) in [7, 11) is 0. The highest BCUT2D eigenvalue weighted by Gasteiger charge is 2.29. The fourth-order valence-corrected chi connectivity index (χ4v) is 2.89. The number of para-hydroxylation sites is 1. The molecule has 0 bridgehead atoms. The largest absolute Gasteiger partial charge is 0.480 e. The molecule has 0 unspecified atom stereocenters. The van der Waals surface area contributed by atoms with Gasteiger partial charge in [-0.05, 0) is 31.5 Å². The van der Waals surface area contributed by atoms with Crippen LogP contribution < -0.4 is 10.1 Å². The number of rotatable bonds is 3. The van der Waals surface area contributed by atoms with E-state index in [9.17, 15) is 4.79 Å². The zero-order valence-electron chi connectivity index (χ0n) is 13.9. The van der Waals surface area contributed by atoms with Crippen molar-refractivity contribution in [1.82, 2.24) is 19.7 Å². The Bertz CT molecular complexity index is 905. The van der Waals surface area contributed by atoms with Crippen molar-refractivity contribution in [2.45, 2.75) is 26.4 Å². The molecule has 2 aromatic heterocycles. The molecule has 1 aliphatic rings. The molecule has 0 aliphatic carbocycles. The lowest BCUT2D eigenvalue weighted by molar-refractivity contribution is -0.122. The van der Waals surface area contributed by atoms with Crippen molar-refractivity contribution < 1.29 is 9.53 Å². The SMILES string of the molecule is Cc1cc(C)nc(-n2nccc2NC(=O)[C@@H]2Cc3ccccc3O2)n1. The number of nitrogens with zero attached hydrogens (tertiary/aromatic N) is 4. The number of carbonyl (C=O) groups is 1. The standard InChI is InChI=1S/C18H17N5O2/c1-11-9-12(2)21-18(20-11)23-16(7-8-19-23)22-17(24)15-10-13-5-3-4-6-14(13)25-15/h3-9,15H,10H2,1-2H3,(H,22,24)/t15-/m0/s1. The van der Waals surface area contributed by atoms with E-state index in [0.717, 1.165) is 22.7 Å². The van der Waals surface area contributed by atoms with Gasteiger partial charge >= 0.3 is 0 Å². The van der Waals surface area contributed by atoms with Gasteiger partial charge in [0.2, 0.25) is 0 Å². The molecule has 0 saturated carbocycles. The van der Waals surface area contributed by atoms with E-state index < -0.39 is 6.10 Å². The maximum absolute atomic E-state index is 12.6. The van der Waals surface area contributed by atoms with E-state index >= 15 is 0 Å². The summed E-state index contributed by atoms with van der Waals surface area (Å²) >= 11 is 0. The summed E-state index contributed by atoms with van der Waals surface area (Å²) < 4.78 is 7.24. The molecule has 1 atom stereocenters. The van der Waals surface area contributed by atoms with E-state index in [1.165, 1.54) is 4.68 Å². The van der Waals surface area contributed by atoms with Gasteiger partial charge in [-0.25, -0.2) is 9.97 Å². The summed E-state index contributed by atoms with van der Waals surface area (Å²) in [6.07, 6.45) is 1.60. The number of aryl methyl sites for hydroxylation is 2. The number of nitrogens with one attached hydrogen (secondary N) is 1. The van der Waals surface area contributed by atoms with Crippen LogP contribution in [-0.4, -0.2) is 31.8 Å². The smallest absolute Gasteiger partial charge is 0.266 e. The lowest BCUT2D eigenvalue weighted by Gasteiger charge is -2.12. The molecular weight excluding hydrogens is 318 g/mol. The Morgan fingerprint density at radius 1 is 1.20 bits per heavy atom. The van der Waals surface area contributed by atoms with Crippen molar-refractivity contribution in [2.75, 3.05) is 5.32 Å². The highest BCUT2D eigenvalue weighted by Crippen LogP contribution is 2.28. The summed E-state index contributed by atoms with van der Waals surface area (Å²) in [5, 5.41) is 7.09. The summed E-state index contributed by atoms with van der Waals surface area (Å²) in [6.45, 7) is 3.78. The van der Waals surface area contributed by atoms with Crippen molar-refractivity contribution in [1.29, 1.82) is 0 Å². The Hall–Kier alpha value is -3.22. The van der Waals surface area contributed by atoms with Crippen molar-refractivity contribution in [2.24, 2.45) is 0 Å². The average Bonchev–Trinajstić information content (AvgIpc) is 3.20. The Labute approximate surface area is 144 Å². The van der Waals surface area contributed by atoms with E-state index in [1.807, 2.05) is 44.2 Å². The number of hydrogen-bond acceptors (Lipinski definition) is 5. The van der Waals surface area contributed by atoms with Gasteiger partial charge in [0.15, 0.2) is 6.10 Å². The van der Waals surface area contributed by atoms with Gasteiger partial charge in [0.25, 0.3) is 11.9 Å². The first kappa shape index (κ1) is 15.3. The van der Waals surface area contributed by atoms with Crippen LogP contribution >= 0.6 is 0 Å². The maximum Gasteiger partial charge on any atom is 0.266 e. The van der Waals surface area contributed by atoms with E-state index in [1.54, 1.807) is 12.3 Å². The molecule has 126 valence electrons. The molecule has 3 heterocycles. The minimum atomic E-state index is -0.555. The van der Waals surface area contributed by atoms with Gasteiger partial charge in [-0.1, -0.05) is 18.2 Å². The third-order valence-electron chi connectivity index (χ3n) is 3.99. The molecule has 0 fully saturated rings. The molecule has 1 amide bonds. The van der Waals surface area contributed by atoms with Gasteiger partial charge in [0.05, 0.1) is 6.20 Å². The maximum atomic E-state index is 12.6. The Morgan fingerprint density at radius 3 is 2.72 bits per heavy atom. The highest BCUT2D eigenvalue weighted by atomic mass is 16.5. The van der Waals surface area contributed by atoms with Gasteiger partial charge in [-0.3, -0.25) is 4.79 Å². The molecule has 0 saturated heterocycles. The molecule has 0 spiro atoms. The first-order chi connectivity index (χ1) is 12.1. The van der Waals surface area contributed by atoms with Crippen LogP contribution in [0.2, 0.25) is 0 Å². The second-order valence-corrected chi connectivity index (χ2v) is 5.99. The molecule has 1 aliphatic heterocycles. The molecular formula is C18H17N5O2. The van der Waals surface area contributed by atoms with Crippen LogP contribution in [0.1, 0.15) is 17.0 Å². The van der Waals surface area contributed by atoms with E-state index in [2.05, 4.69) is 20.4 Å². The first-order valence-electron chi connectivity index (χ1n) is 8.02. The zero-order valence-corrected chi connectivity index (χ0v) is 13.9. The quantitative estimate of drug-likeness (QED) is 0.794. The van der Waals surface area contributed by atoms with Gasteiger partial charge < -0.3 is 10.1 Å². The molecule has 1 N–H and O–H groups in total. The van der Waals surface area contributed by atoms with Gasteiger partial charge in [0, 0.05) is 23.9 Å². The topological polar surface area (TPSA) is 81.9 Å². The monoisotopic (exact) mass is 335 g/mol. The lowest BCUT2D eigenvalue weighted by Crippen LogP contribution is -2.32. The van der Waals surface area contributed by atoms with Crippen molar-refractivity contribution >= 4 is 11.7 Å². The van der Waals surface area contributed by atoms with Crippen LogP contribution in [0, 0.1) is 13.8 Å². The van der Waals surface area contributed by atoms with Gasteiger partial charge in [-0.15, -0.1) is 0 Å². The Morgan fingerprint density at radius 2 is 1.96 bits per heavy atom. The number of carbonyl (C=O) groups excluding carboxylic acids is 1. The summed E-state index contributed by atoms with van der Waals surface area (Å²) in [5.74, 6) is 1.47. The second-order valence-electron chi connectivity index (χ2n) is 5.99. The molecule has 25 heavy (non-hydrogen) atoms. The fraction of sp³-hybridized carbons (Fsp3) is 0.222. The van der Waals surface area contributed by atoms with Crippen molar-refractivity contribution in [3.63, 3.8) is 0 Å². The lowest BCUT2D eigenvalue weighted by atomic mass is 10.1. The van der Waals surface area contributed by atoms with E-state index in [-0.39, 0.29) is 5.91 Å². The number of hydrogen-bond donors (Lipinski definition) is 1. The average molecular weight is 335 g/mol. The van der Waals surface area contributed by atoms with Crippen LogP contribution in [0.3, 0.4) is 0 Å². The highest BCUT2D eigenvalue weighted by molar-refractivity contribution is 5.94. The number of amides is 1. The number of fused-ring (bicyclic) bond motifs is 1. The molecule has 7 nitrogen and oxygen atoms in total. The van der Waals surface area contributed by atoms with Crippen LogP contribution in [-0.2, 0) is 11.2 Å². The molecule has 3 aromatic rings. The predicted molar refractivity (Wildman–Crippen MR) is 91.8 cm³/mol. The van der Waals surface area contributed by atoms with E-state index in [4.69, 9.17) is 4.74 Å². The zero-order chi connectivity index (χ0) is 17.4. The number of anilines is 1. The minimum absolute atomic E-state index is 0.220. The first-order valence-corrected chi connectivity index (χ1v) is 8.02. The van der Waals surface area contributed by atoms with Crippen LogP contribution in [0.15, 0.2) is 42.6 Å². The normalized spacial score (nSPS) is 15.5. The molecule has 4 rings (SSSR count). The van der Waals surface area contributed by atoms with Crippen molar-refractivity contribution in [3.8, 4) is 11.7 Å². The second kappa shape index (κ2) is 6.01. The van der Waals surface area contributed by atoms with Crippen LogP contribution in [0.4, 0.5) is 5.82 Å². The summed E-state index contributed by atoms with van der Waals surface area (Å²) in [6, 6.07) is 11.3. The third kappa shape index (κ3) is 2.96. The third-order valence-corrected chi connectivity index (χ3v) is 3.99. The van der Waals surface area contributed by atoms with Crippen LogP contribution in [0.5, 0.6) is 5.75 Å². The minimum Gasteiger partial charge on any atom is -0.480 e. The molecule has 7 heteroatoms. The fourth-order valence-electron chi connectivity index (χ4n) is 2.89. The Kier molecular flexibility index (Phi) is 3.68. The van der Waals surface area contributed by atoms with E-state index in [0.29, 0.717) is 18.2 Å². The predicted octanol–water partition coefficient (Wildman–Crippen LogP) is 2.22. The Balaban J connectivity index is 1.55. The molecule has 0 radical (unpaired) electrons. The van der Waals surface area contributed by atoms with Gasteiger partial charge in [-0.2, -0.15) is 9.78 Å². The summed E-state index contributed by atoms with van der Waals surface area (Å²) in [5.41, 5.74) is 2.71. The number of aromatic nitrogens is 4. The molecule has 1 aromatic carbocycles. The van der Waals surface area contributed by atoms with Crippen LogP contribution in [0.25, 0.3) is 5.95 Å². The summed E-state index contributed by atoms with van der Waals surface area (Å²) in [4.78, 5) is 21.3.